The lowest BCUT2D eigenvalue weighted by molar-refractivity contribution is 0.0954. The van der Waals surface area contributed by atoms with Gasteiger partial charge in [0.25, 0.3) is 5.91 Å². The Balaban J connectivity index is 1.75. The summed E-state index contributed by atoms with van der Waals surface area (Å²) in [6.07, 6.45) is 0.880. The van der Waals surface area contributed by atoms with Gasteiger partial charge in [-0.2, -0.15) is 0 Å². The van der Waals surface area contributed by atoms with Crippen molar-refractivity contribution in [2.75, 3.05) is 48.3 Å². The first kappa shape index (κ1) is 18.0. The van der Waals surface area contributed by atoms with Crippen molar-refractivity contribution in [1.29, 1.82) is 0 Å². The van der Waals surface area contributed by atoms with Crippen LogP contribution >= 0.6 is 0 Å². The third-order valence-electron chi connectivity index (χ3n) is 4.61. The van der Waals surface area contributed by atoms with Crippen LogP contribution in [0.1, 0.15) is 23.7 Å². The number of hydrogen-bond donors (Lipinski definition) is 2. The number of para-hydroxylation sites is 1. The third-order valence-corrected chi connectivity index (χ3v) is 4.61. The number of anilines is 3. The lowest BCUT2D eigenvalue weighted by Gasteiger charge is -2.38. The molecule has 138 valence electrons. The maximum absolute atomic E-state index is 14.0. The average Bonchev–Trinajstić information content (AvgIpc) is 2.66. The van der Waals surface area contributed by atoms with Crippen LogP contribution in [-0.2, 0) is 0 Å². The number of rotatable bonds is 5. The number of nitrogens with two attached hydrogens (primary N) is 1. The van der Waals surface area contributed by atoms with Crippen LogP contribution in [0.25, 0.3) is 0 Å². The van der Waals surface area contributed by atoms with Crippen molar-refractivity contribution in [3.8, 4) is 0 Å². The van der Waals surface area contributed by atoms with Gasteiger partial charge in [0.15, 0.2) is 0 Å². The molecule has 1 aliphatic heterocycles. The van der Waals surface area contributed by atoms with Crippen LogP contribution in [0.5, 0.6) is 0 Å². The molecule has 3 N–H and O–H groups in total. The molecule has 1 saturated heterocycles. The molecule has 2 aromatic carbocycles. The summed E-state index contributed by atoms with van der Waals surface area (Å²) >= 11 is 0. The van der Waals surface area contributed by atoms with Gasteiger partial charge in [0.05, 0.1) is 11.3 Å². The second-order valence-electron chi connectivity index (χ2n) is 6.46. The molecule has 1 aliphatic rings. The highest BCUT2D eigenvalue weighted by molar-refractivity contribution is 6.00. The Hall–Kier alpha value is -2.76. The molecule has 0 spiro atoms. The Kier molecular flexibility index (Phi) is 5.61. The standard InChI is InChI=1S/C20H25FN4O/c1-2-9-23-20(26)16-14-15(22)7-8-18(16)24-10-12-25(13-11-24)19-6-4-3-5-17(19)21/h3-8,14H,2,9-13,22H2,1H3,(H,23,26). The first-order valence-corrected chi connectivity index (χ1v) is 9.02. The van der Waals surface area contributed by atoms with Gasteiger partial charge in [-0.05, 0) is 36.8 Å². The van der Waals surface area contributed by atoms with Gasteiger partial charge in [-0.3, -0.25) is 4.79 Å². The van der Waals surface area contributed by atoms with Crippen LogP contribution in [-0.4, -0.2) is 38.6 Å². The second kappa shape index (κ2) is 8.08. The van der Waals surface area contributed by atoms with E-state index in [2.05, 4.69) is 10.2 Å². The first-order valence-electron chi connectivity index (χ1n) is 9.02. The lowest BCUT2D eigenvalue weighted by Crippen LogP contribution is -2.47. The fraction of sp³-hybridized carbons (Fsp3) is 0.350. The maximum Gasteiger partial charge on any atom is 0.253 e. The molecule has 6 heteroatoms. The highest BCUT2D eigenvalue weighted by atomic mass is 19.1. The predicted octanol–water partition coefficient (Wildman–Crippen LogP) is 2.87. The van der Waals surface area contributed by atoms with Crippen LogP contribution in [0.15, 0.2) is 42.5 Å². The first-order chi connectivity index (χ1) is 12.6. The van der Waals surface area contributed by atoms with E-state index in [-0.39, 0.29) is 11.7 Å². The predicted molar refractivity (Wildman–Crippen MR) is 104 cm³/mol. The summed E-state index contributed by atoms with van der Waals surface area (Å²) in [6, 6.07) is 12.3. The van der Waals surface area contributed by atoms with Crippen molar-refractivity contribution in [2.45, 2.75) is 13.3 Å². The minimum absolute atomic E-state index is 0.106. The molecule has 0 unspecified atom stereocenters. The zero-order chi connectivity index (χ0) is 18.5. The molecule has 0 aliphatic carbocycles. The Morgan fingerprint density at radius 3 is 2.38 bits per heavy atom. The van der Waals surface area contributed by atoms with Crippen molar-refractivity contribution in [3.05, 3.63) is 53.8 Å². The number of amides is 1. The molecule has 0 saturated carbocycles. The molecule has 5 nitrogen and oxygen atoms in total. The molecular formula is C20H25FN4O. The Morgan fingerprint density at radius 1 is 1.08 bits per heavy atom. The van der Waals surface area contributed by atoms with Gasteiger partial charge in [-0.15, -0.1) is 0 Å². The number of benzene rings is 2. The maximum atomic E-state index is 14.0. The van der Waals surface area contributed by atoms with E-state index < -0.39 is 0 Å². The van der Waals surface area contributed by atoms with Crippen molar-refractivity contribution in [3.63, 3.8) is 0 Å². The molecule has 1 heterocycles. The van der Waals surface area contributed by atoms with E-state index in [1.165, 1.54) is 6.07 Å². The number of halogens is 1. The zero-order valence-electron chi connectivity index (χ0n) is 15.0. The van der Waals surface area contributed by atoms with E-state index in [1.54, 1.807) is 18.2 Å². The average molecular weight is 356 g/mol. The van der Waals surface area contributed by atoms with Crippen LogP contribution in [0.2, 0.25) is 0 Å². The monoisotopic (exact) mass is 356 g/mol. The Bertz CT molecular complexity index is 772. The topological polar surface area (TPSA) is 61.6 Å². The van der Waals surface area contributed by atoms with Crippen molar-refractivity contribution in [2.24, 2.45) is 0 Å². The normalized spacial score (nSPS) is 14.4. The van der Waals surface area contributed by atoms with Gasteiger partial charge in [-0.25, -0.2) is 4.39 Å². The summed E-state index contributed by atoms with van der Waals surface area (Å²) in [7, 11) is 0. The largest absolute Gasteiger partial charge is 0.399 e. The minimum Gasteiger partial charge on any atom is -0.399 e. The van der Waals surface area contributed by atoms with E-state index >= 15 is 0 Å². The van der Waals surface area contributed by atoms with Crippen molar-refractivity contribution < 1.29 is 9.18 Å². The summed E-state index contributed by atoms with van der Waals surface area (Å²) in [4.78, 5) is 16.7. The number of hydrogen-bond acceptors (Lipinski definition) is 4. The molecule has 0 bridgehead atoms. The van der Waals surface area contributed by atoms with Gasteiger partial charge >= 0.3 is 0 Å². The molecule has 1 fully saturated rings. The minimum atomic E-state index is -0.201. The van der Waals surface area contributed by atoms with Gasteiger partial charge in [-0.1, -0.05) is 19.1 Å². The van der Waals surface area contributed by atoms with E-state index in [0.717, 1.165) is 12.1 Å². The molecule has 2 aromatic rings. The lowest BCUT2D eigenvalue weighted by atomic mass is 10.1. The number of nitrogens with zero attached hydrogens (tertiary/aromatic N) is 2. The smallest absolute Gasteiger partial charge is 0.253 e. The number of nitrogen functional groups attached to an aromatic ring is 1. The Morgan fingerprint density at radius 2 is 1.73 bits per heavy atom. The summed E-state index contributed by atoms with van der Waals surface area (Å²) in [5.74, 6) is -0.307. The molecule has 3 rings (SSSR count). The fourth-order valence-electron chi connectivity index (χ4n) is 3.24. The van der Waals surface area contributed by atoms with Gasteiger partial charge in [0.1, 0.15) is 5.82 Å². The van der Waals surface area contributed by atoms with Crippen molar-refractivity contribution >= 4 is 23.0 Å². The number of piperazine rings is 1. The number of nitrogens with one attached hydrogen (secondary N) is 1. The quantitative estimate of drug-likeness (QED) is 0.809. The molecule has 0 atom stereocenters. The Labute approximate surface area is 153 Å². The molecule has 0 aromatic heterocycles. The number of carbonyl (C=O) groups excluding carboxylic acids is 1. The summed E-state index contributed by atoms with van der Waals surface area (Å²) < 4.78 is 14.0. The van der Waals surface area contributed by atoms with Gasteiger partial charge < -0.3 is 20.9 Å². The fourth-order valence-corrected chi connectivity index (χ4v) is 3.24. The second-order valence-corrected chi connectivity index (χ2v) is 6.46. The summed E-state index contributed by atoms with van der Waals surface area (Å²) in [6.45, 7) is 5.47. The van der Waals surface area contributed by atoms with Crippen LogP contribution in [0, 0.1) is 5.82 Å². The van der Waals surface area contributed by atoms with E-state index in [1.807, 2.05) is 30.0 Å². The summed E-state index contributed by atoms with van der Waals surface area (Å²) in [5.41, 5.74) is 8.56. The van der Waals surface area contributed by atoms with Crippen LogP contribution in [0.4, 0.5) is 21.5 Å². The van der Waals surface area contributed by atoms with Gasteiger partial charge in [0, 0.05) is 44.1 Å². The van der Waals surface area contributed by atoms with Crippen LogP contribution in [0.3, 0.4) is 0 Å². The van der Waals surface area contributed by atoms with E-state index in [4.69, 9.17) is 5.73 Å². The van der Waals surface area contributed by atoms with Gasteiger partial charge in [0.2, 0.25) is 0 Å². The highest BCUT2D eigenvalue weighted by Gasteiger charge is 2.23. The third kappa shape index (κ3) is 3.90. The van der Waals surface area contributed by atoms with Crippen LogP contribution < -0.4 is 20.9 Å². The molecule has 1 amide bonds. The SMILES string of the molecule is CCCNC(=O)c1cc(N)ccc1N1CCN(c2ccccc2F)CC1. The molecule has 0 radical (unpaired) electrons. The molecular weight excluding hydrogens is 331 g/mol. The zero-order valence-corrected chi connectivity index (χ0v) is 15.0. The molecule has 26 heavy (non-hydrogen) atoms. The van der Waals surface area contributed by atoms with E-state index in [9.17, 15) is 9.18 Å². The number of carbonyl (C=O) groups is 1. The highest BCUT2D eigenvalue weighted by Crippen LogP contribution is 2.26. The van der Waals surface area contributed by atoms with Crippen molar-refractivity contribution in [1.82, 2.24) is 5.32 Å². The van der Waals surface area contributed by atoms with E-state index in [0.29, 0.717) is 49.7 Å². The summed E-state index contributed by atoms with van der Waals surface area (Å²) in [5, 5.41) is 2.92.